The van der Waals surface area contributed by atoms with Crippen molar-refractivity contribution in [1.29, 1.82) is 0 Å². The molecule has 1 rings (SSSR count). The first kappa shape index (κ1) is 19.0. The van der Waals surface area contributed by atoms with Crippen molar-refractivity contribution < 1.29 is 27.5 Å². The molecule has 0 aliphatic rings. The van der Waals surface area contributed by atoms with E-state index in [-0.39, 0.29) is 6.54 Å². The van der Waals surface area contributed by atoms with Crippen molar-refractivity contribution in [1.82, 2.24) is 10.0 Å². The predicted molar refractivity (Wildman–Crippen MR) is 81.8 cm³/mol. The van der Waals surface area contributed by atoms with Crippen LogP contribution in [0.15, 0.2) is 24.3 Å². The van der Waals surface area contributed by atoms with E-state index in [1.165, 1.54) is 26.0 Å². The zero-order valence-electron chi connectivity index (χ0n) is 13.0. The first-order valence-corrected chi connectivity index (χ1v) is 8.57. The van der Waals surface area contributed by atoms with Crippen molar-refractivity contribution in [3.05, 3.63) is 35.6 Å². The Morgan fingerprint density at radius 2 is 1.78 bits per heavy atom. The van der Waals surface area contributed by atoms with Gasteiger partial charge in [-0.3, -0.25) is 9.59 Å². The number of carboxylic acids is 1. The molecule has 0 aliphatic carbocycles. The molecule has 0 radical (unpaired) electrons. The van der Waals surface area contributed by atoms with E-state index >= 15 is 0 Å². The summed E-state index contributed by atoms with van der Waals surface area (Å²) in [5.41, 5.74) is -1.10. The second-order valence-electron chi connectivity index (χ2n) is 5.65. The van der Waals surface area contributed by atoms with Crippen LogP contribution in [0.25, 0.3) is 0 Å². The minimum atomic E-state index is -3.61. The van der Waals surface area contributed by atoms with E-state index in [1.54, 1.807) is 0 Å². The van der Waals surface area contributed by atoms with Gasteiger partial charge in [0.1, 0.15) is 11.4 Å². The van der Waals surface area contributed by atoms with E-state index in [9.17, 15) is 27.5 Å². The van der Waals surface area contributed by atoms with Gasteiger partial charge in [0.2, 0.25) is 15.9 Å². The van der Waals surface area contributed by atoms with E-state index in [2.05, 4.69) is 10.0 Å². The van der Waals surface area contributed by atoms with E-state index in [1.807, 2.05) is 0 Å². The van der Waals surface area contributed by atoms with Crippen LogP contribution >= 0.6 is 0 Å². The lowest BCUT2D eigenvalue weighted by atomic mass is 9.98. The first-order chi connectivity index (χ1) is 10.4. The molecule has 0 saturated heterocycles. The lowest BCUT2D eigenvalue weighted by Gasteiger charge is -2.25. The van der Waals surface area contributed by atoms with Gasteiger partial charge in [0, 0.05) is 6.54 Å². The van der Waals surface area contributed by atoms with Gasteiger partial charge in [-0.05, 0) is 31.5 Å². The van der Waals surface area contributed by atoms with E-state index < -0.39 is 39.2 Å². The molecule has 0 aromatic heterocycles. The molecule has 9 heteroatoms. The molecule has 0 spiro atoms. The predicted octanol–water partition coefficient (Wildman–Crippen LogP) is 0.438. The highest BCUT2D eigenvalue weighted by atomic mass is 32.2. The number of nitrogens with one attached hydrogen (secondary N) is 2. The molecular weight excluding hydrogens is 327 g/mol. The van der Waals surface area contributed by atoms with Gasteiger partial charge >= 0.3 is 5.97 Å². The molecule has 23 heavy (non-hydrogen) atoms. The Kier molecular flexibility index (Phi) is 5.84. The fraction of sp³-hybridized carbons (Fsp3) is 0.429. The number of carbonyl (C=O) groups excluding carboxylic acids is 1. The normalized spacial score (nSPS) is 13.4. The first-order valence-electron chi connectivity index (χ1n) is 6.68. The largest absolute Gasteiger partial charge is 0.481 e. The number of amides is 1. The minimum Gasteiger partial charge on any atom is -0.481 e. The van der Waals surface area contributed by atoms with Crippen LogP contribution in [0, 0.1) is 5.82 Å². The Labute approximate surface area is 133 Å². The second kappa shape index (κ2) is 7.05. The van der Waals surface area contributed by atoms with Crippen molar-refractivity contribution in [2.45, 2.75) is 25.3 Å². The highest BCUT2D eigenvalue weighted by Gasteiger charge is 2.32. The van der Waals surface area contributed by atoms with Crippen molar-refractivity contribution in [3.8, 4) is 0 Å². The topological polar surface area (TPSA) is 113 Å². The van der Waals surface area contributed by atoms with Crippen LogP contribution in [0.2, 0.25) is 0 Å². The zero-order chi connectivity index (χ0) is 17.8. The van der Waals surface area contributed by atoms with Gasteiger partial charge in [-0.15, -0.1) is 0 Å². The third-order valence-electron chi connectivity index (χ3n) is 3.05. The van der Waals surface area contributed by atoms with Gasteiger partial charge in [0.05, 0.1) is 12.2 Å². The van der Waals surface area contributed by atoms with E-state index in [0.29, 0.717) is 5.56 Å². The van der Waals surface area contributed by atoms with Crippen molar-refractivity contribution in [2.24, 2.45) is 0 Å². The van der Waals surface area contributed by atoms with Crippen LogP contribution in [-0.2, 0) is 19.6 Å². The summed E-state index contributed by atoms with van der Waals surface area (Å²) in [7, 11) is -3.61. The van der Waals surface area contributed by atoms with E-state index in [0.717, 1.165) is 18.4 Å². The molecule has 7 nitrogen and oxygen atoms in total. The SMILES string of the molecule is CC(C)(NS(C)(=O)=O)C(=O)NCC(C(=O)O)c1ccc(F)cc1. The number of carboxylic acid groups (broad SMARTS) is 1. The molecule has 128 valence electrons. The number of rotatable bonds is 7. The third-order valence-corrected chi connectivity index (χ3v) is 3.93. The molecule has 0 fully saturated rings. The van der Waals surface area contributed by atoms with Crippen molar-refractivity contribution >= 4 is 21.9 Å². The summed E-state index contributed by atoms with van der Waals surface area (Å²) in [6.45, 7) is 2.46. The van der Waals surface area contributed by atoms with Gasteiger partial charge in [0.15, 0.2) is 0 Å². The van der Waals surface area contributed by atoms with Crippen LogP contribution < -0.4 is 10.0 Å². The molecular formula is C14H19FN2O5S. The average molecular weight is 346 g/mol. The molecule has 1 aromatic rings. The number of halogens is 1. The molecule has 1 amide bonds. The fourth-order valence-electron chi connectivity index (χ4n) is 1.97. The van der Waals surface area contributed by atoms with Crippen molar-refractivity contribution in [3.63, 3.8) is 0 Å². The Hall–Kier alpha value is -2.00. The number of hydrogen-bond acceptors (Lipinski definition) is 4. The lowest BCUT2D eigenvalue weighted by Crippen LogP contribution is -2.55. The van der Waals surface area contributed by atoms with E-state index in [4.69, 9.17) is 0 Å². The van der Waals surface area contributed by atoms with Crippen LogP contribution in [0.4, 0.5) is 4.39 Å². The lowest BCUT2D eigenvalue weighted by molar-refractivity contribution is -0.138. The summed E-state index contributed by atoms with van der Waals surface area (Å²) in [6.07, 6.45) is 0.917. The van der Waals surface area contributed by atoms with Crippen molar-refractivity contribution in [2.75, 3.05) is 12.8 Å². The summed E-state index contributed by atoms with van der Waals surface area (Å²) in [5, 5.41) is 11.6. The number of sulfonamides is 1. The van der Waals surface area contributed by atoms with Crippen LogP contribution in [0.1, 0.15) is 25.3 Å². The molecule has 0 heterocycles. The van der Waals surface area contributed by atoms with Gasteiger partial charge in [-0.25, -0.2) is 17.5 Å². The maximum atomic E-state index is 12.9. The summed E-state index contributed by atoms with van der Waals surface area (Å²) in [4.78, 5) is 23.4. The Morgan fingerprint density at radius 1 is 1.26 bits per heavy atom. The average Bonchev–Trinajstić information content (AvgIpc) is 2.37. The molecule has 0 aliphatic heterocycles. The van der Waals surface area contributed by atoms with Gasteiger partial charge in [-0.2, -0.15) is 0 Å². The summed E-state index contributed by atoms with van der Waals surface area (Å²) in [5.74, 6) is -3.43. The summed E-state index contributed by atoms with van der Waals surface area (Å²) in [6, 6.07) is 4.89. The maximum Gasteiger partial charge on any atom is 0.312 e. The van der Waals surface area contributed by atoms with Gasteiger partial charge in [0.25, 0.3) is 0 Å². The molecule has 1 aromatic carbocycles. The minimum absolute atomic E-state index is 0.255. The molecule has 3 N–H and O–H groups in total. The number of benzene rings is 1. The van der Waals surface area contributed by atoms with Crippen LogP contribution in [-0.4, -0.2) is 43.7 Å². The quantitative estimate of drug-likeness (QED) is 0.663. The van der Waals surface area contributed by atoms with Gasteiger partial charge in [-0.1, -0.05) is 12.1 Å². The van der Waals surface area contributed by atoms with Crippen LogP contribution in [0.5, 0.6) is 0 Å². The Morgan fingerprint density at radius 3 is 2.22 bits per heavy atom. The number of aliphatic carboxylic acids is 1. The number of carbonyl (C=O) groups is 2. The third kappa shape index (κ3) is 5.95. The Balaban J connectivity index is 2.81. The number of hydrogen-bond donors (Lipinski definition) is 3. The standard InChI is InChI=1S/C14H19FN2O5S/c1-14(2,17-23(3,21)22)13(20)16-8-11(12(18)19)9-4-6-10(15)7-5-9/h4-7,11,17H,8H2,1-3H3,(H,16,20)(H,18,19). The highest BCUT2D eigenvalue weighted by molar-refractivity contribution is 7.88. The molecule has 0 saturated carbocycles. The Bertz CT molecular complexity index is 686. The maximum absolute atomic E-state index is 12.9. The van der Waals surface area contributed by atoms with Crippen LogP contribution in [0.3, 0.4) is 0 Å². The molecule has 1 atom stereocenters. The monoisotopic (exact) mass is 346 g/mol. The molecule has 1 unspecified atom stereocenters. The van der Waals surface area contributed by atoms with Gasteiger partial charge < -0.3 is 10.4 Å². The highest BCUT2D eigenvalue weighted by Crippen LogP contribution is 2.16. The summed E-state index contributed by atoms with van der Waals surface area (Å²) >= 11 is 0. The zero-order valence-corrected chi connectivity index (χ0v) is 13.8. The fourth-order valence-corrected chi connectivity index (χ4v) is 2.99. The molecule has 0 bridgehead atoms. The summed E-state index contributed by atoms with van der Waals surface area (Å²) < 4.78 is 37.5. The smallest absolute Gasteiger partial charge is 0.312 e. The second-order valence-corrected chi connectivity index (χ2v) is 7.40.